The Morgan fingerprint density at radius 3 is 2.80 bits per heavy atom. The summed E-state index contributed by atoms with van der Waals surface area (Å²) in [6.07, 6.45) is 1.97. The lowest BCUT2D eigenvalue weighted by molar-refractivity contribution is 0.401. The highest BCUT2D eigenvalue weighted by atomic mass is 16.5. The number of fused-ring (bicyclic) bond motifs is 1. The number of benzene rings is 1. The number of ether oxygens (including phenoxy) is 1. The Bertz CT molecular complexity index is 499. The fourth-order valence-electron chi connectivity index (χ4n) is 1.80. The largest absolute Gasteiger partial charge is 0.481 e. The number of aryl methyl sites for hydroxylation is 1. The first-order valence-corrected chi connectivity index (χ1v) is 4.98. The first kappa shape index (κ1) is 9.77. The van der Waals surface area contributed by atoms with Crippen LogP contribution in [0.1, 0.15) is 12.5 Å². The number of hydrogen-bond donors (Lipinski definition) is 1. The van der Waals surface area contributed by atoms with Crippen molar-refractivity contribution in [2.45, 2.75) is 13.5 Å². The summed E-state index contributed by atoms with van der Waals surface area (Å²) in [5, 5.41) is 8.79. The van der Waals surface area contributed by atoms with Gasteiger partial charge in [-0.2, -0.15) is 0 Å². The van der Waals surface area contributed by atoms with E-state index < -0.39 is 0 Å². The zero-order valence-corrected chi connectivity index (χ0v) is 8.95. The third-order valence-electron chi connectivity index (χ3n) is 2.58. The normalized spacial score (nSPS) is 10.5. The van der Waals surface area contributed by atoms with E-state index >= 15 is 0 Å². The van der Waals surface area contributed by atoms with Crippen molar-refractivity contribution in [1.82, 2.24) is 4.57 Å². The van der Waals surface area contributed by atoms with E-state index in [9.17, 15) is 0 Å². The quantitative estimate of drug-likeness (QED) is 0.590. The van der Waals surface area contributed by atoms with Gasteiger partial charge in [-0.1, -0.05) is 18.2 Å². The molecule has 1 aromatic heterocycles. The van der Waals surface area contributed by atoms with Gasteiger partial charge in [-0.3, -0.25) is 5.41 Å². The predicted octanol–water partition coefficient (Wildman–Crippen LogP) is 2.63. The van der Waals surface area contributed by atoms with Crippen LogP contribution < -0.4 is 0 Å². The molecule has 78 valence electrons. The number of rotatable bonds is 2. The van der Waals surface area contributed by atoms with E-state index in [-0.39, 0.29) is 5.90 Å². The van der Waals surface area contributed by atoms with Crippen LogP contribution in [-0.2, 0) is 11.3 Å². The molecule has 0 atom stereocenters. The third kappa shape index (κ3) is 1.50. The smallest absolute Gasteiger partial charge is 0.215 e. The highest BCUT2D eigenvalue weighted by Crippen LogP contribution is 2.21. The molecule has 1 N–H and O–H groups in total. The van der Waals surface area contributed by atoms with Gasteiger partial charge in [0.25, 0.3) is 0 Å². The van der Waals surface area contributed by atoms with E-state index in [2.05, 4.69) is 17.6 Å². The summed E-state index contributed by atoms with van der Waals surface area (Å²) in [5.74, 6) is 0.221. The van der Waals surface area contributed by atoms with Crippen LogP contribution in [-0.4, -0.2) is 17.6 Å². The molecule has 0 unspecified atom stereocenters. The SMILES string of the molecule is CCn1cc(C(=N)OC)c2ccccc21. The van der Waals surface area contributed by atoms with Crippen LogP contribution in [0.2, 0.25) is 0 Å². The Labute approximate surface area is 88.8 Å². The van der Waals surface area contributed by atoms with Crippen molar-refractivity contribution in [3.63, 3.8) is 0 Å². The number of para-hydroxylation sites is 1. The van der Waals surface area contributed by atoms with Gasteiger partial charge in [-0.05, 0) is 13.0 Å². The number of nitrogens with zero attached hydrogens (tertiary/aromatic N) is 1. The van der Waals surface area contributed by atoms with E-state index in [1.54, 1.807) is 0 Å². The van der Waals surface area contributed by atoms with Gasteiger partial charge in [0.15, 0.2) is 0 Å². The fourth-order valence-corrected chi connectivity index (χ4v) is 1.80. The van der Waals surface area contributed by atoms with Crippen LogP contribution >= 0.6 is 0 Å². The topological polar surface area (TPSA) is 38.0 Å². The predicted molar refractivity (Wildman–Crippen MR) is 61.4 cm³/mol. The maximum absolute atomic E-state index is 7.71. The summed E-state index contributed by atoms with van der Waals surface area (Å²) in [4.78, 5) is 0. The number of nitrogens with one attached hydrogen (secondary N) is 1. The van der Waals surface area contributed by atoms with Crippen molar-refractivity contribution in [1.29, 1.82) is 5.41 Å². The minimum atomic E-state index is 0.221. The molecule has 0 bridgehead atoms. The molecule has 2 rings (SSSR count). The minimum Gasteiger partial charge on any atom is -0.481 e. The standard InChI is InChI=1S/C12H14N2O/c1-3-14-8-10(12(13)15-2)9-6-4-5-7-11(9)14/h4-8,13H,3H2,1-2H3. The average molecular weight is 202 g/mol. The third-order valence-corrected chi connectivity index (χ3v) is 2.58. The van der Waals surface area contributed by atoms with E-state index in [1.807, 2.05) is 24.4 Å². The molecule has 2 aromatic rings. The molecule has 0 saturated carbocycles. The zero-order valence-electron chi connectivity index (χ0n) is 8.95. The Balaban J connectivity index is 2.70. The molecule has 1 aromatic carbocycles. The number of methoxy groups -OCH3 is 1. The van der Waals surface area contributed by atoms with Gasteiger partial charge < -0.3 is 9.30 Å². The lowest BCUT2D eigenvalue weighted by atomic mass is 10.2. The Morgan fingerprint density at radius 2 is 2.13 bits per heavy atom. The second-order valence-electron chi connectivity index (χ2n) is 3.38. The molecule has 0 aliphatic rings. The maximum Gasteiger partial charge on any atom is 0.215 e. The van der Waals surface area contributed by atoms with Crippen LogP contribution in [0, 0.1) is 5.41 Å². The summed E-state index contributed by atoms with van der Waals surface area (Å²) < 4.78 is 7.10. The Hall–Kier alpha value is -1.77. The molecule has 3 nitrogen and oxygen atoms in total. The molecular weight excluding hydrogens is 188 g/mol. The monoisotopic (exact) mass is 202 g/mol. The van der Waals surface area contributed by atoms with Crippen LogP contribution in [0.15, 0.2) is 30.5 Å². The summed E-state index contributed by atoms with van der Waals surface area (Å²) in [6.45, 7) is 2.99. The van der Waals surface area contributed by atoms with Crippen LogP contribution in [0.3, 0.4) is 0 Å². The molecule has 15 heavy (non-hydrogen) atoms. The molecule has 0 radical (unpaired) electrons. The molecule has 0 fully saturated rings. The molecule has 0 aliphatic heterocycles. The highest BCUT2D eigenvalue weighted by Gasteiger charge is 2.10. The molecule has 0 saturated heterocycles. The van der Waals surface area contributed by atoms with E-state index in [1.165, 1.54) is 7.11 Å². The highest BCUT2D eigenvalue weighted by molar-refractivity contribution is 6.05. The van der Waals surface area contributed by atoms with E-state index in [4.69, 9.17) is 10.1 Å². The average Bonchev–Trinajstić information content (AvgIpc) is 2.67. The van der Waals surface area contributed by atoms with Gasteiger partial charge >= 0.3 is 0 Å². The van der Waals surface area contributed by atoms with Gasteiger partial charge in [0.1, 0.15) is 0 Å². The molecule has 0 amide bonds. The van der Waals surface area contributed by atoms with Gasteiger partial charge in [0, 0.05) is 23.6 Å². The van der Waals surface area contributed by atoms with Crippen molar-refractivity contribution >= 4 is 16.8 Å². The second-order valence-corrected chi connectivity index (χ2v) is 3.38. The van der Waals surface area contributed by atoms with Crippen molar-refractivity contribution in [3.05, 3.63) is 36.0 Å². The number of hydrogen-bond acceptors (Lipinski definition) is 2. The first-order valence-electron chi connectivity index (χ1n) is 4.98. The first-order chi connectivity index (χ1) is 7.27. The van der Waals surface area contributed by atoms with Gasteiger partial charge in [-0.15, -0.1) is 0 Å². The molecule has 1 heterocycles. The summed E-state index contributed by atoms with van der Waals surface area (Å²) in [6, 6.07) is 8.07. The van der Waals surface area contributed by atoms with E-state index in [0.29, 0.717) is 0 Å². The van der Waals surface area contributed by atoms with Gasteiger partial charge in [0.05, 0.1) is 12.7 Å². The zero-order chi connectivity index (χ0) is 10.8. The molecule has 0 aliphatic carbocycles. The second kappa shape index (κ2) is 3.77. The molecule has 3 heteroatoms. The minimum absolute atomic E-state index is 0.221. The summed E-state index contributed by atoms with van der Waals surface area (Å²) in [7, 11) is 1.53. The van der Waals surface area contributed by atoms with Gasteiger partial charge in [0.2, 0.25) is 5.90 Å². The van der Waals surface area contributed by atoms with Crippen molar-refractivity contribution in [3.8, 4) is 0 Å². The molecular formula is C12H14N2O. The number of aromatic nitrogens is 1. The Morgan fingerprint density at radius 1 is 1.40 bits per heavy atom. The van der Waals surface area contributed by atoms with Gasteiger partial charge in [-0.25, -0.2) is 0 Å². The van der Waals surface area contributed by atoms with Crippen molar-refractivity contribution in [2.24, 2.45) is 0 Å². The molecule has 0 spiro atoms. The van der Waals surface area contributed by atoms with E-state index in [0.717, 1.165) is 23.0 Å². The van der Waals surface area contributed by atoms with Crippen molar-refractivity contribution < 1.29 is 4.74 Å². The van der Waals surface area contributed by atoms with Crippen molar-refractivity contribution in [2.75, 3.05) is 7.11 Å². The lowest BCUT2D eigenvalue weighted by Crippen LogP contribution is -2.00. The fraction of sp³-hybridized carbons (Fsp3) is 0.250. The van der Waals surface area contributed by atoms with Crippen LogP contribution in [0.5, 0.6) is 0 Å². The summed E-state index contributed by atoms with van der Waals surface area (Å²) >= 11 is 0. The Kier molecular flexibility index (Phi) is 2.46. The van der Waals surface area contributed by atoms with Crippen LogP contribution in [0.4, 0.5) is 0 Å². The lowest BCUT2D eigenvalue weighted by Gasteiger charge is -1.98. The summed E-state index contributed by atoms with van der Waals surface area (Å²) in [5.41, 5.74) is 2.01. The maximum atomic E-state index is 7.71. The van der Waals surface area contributed by atoms with Crippen LogP contribution in [0.25, 0.3) is 10.9 Å².